The number of ether oxygens (including phenoxy) is 1. The van der Waals surface area contributed by atoms with E-state index in [1.54, 1.807) is 18.3 Å². The molecule has 1 atom stereocenters. The Balaban J connectivity index is 2.41. The van der Waals surface area contributed by atoms with Crippen LogP contribution >= 0.6 is 11.3 Å². The van der Waals surface area contributed by atoms with Crippen molar-refractivity contribution in [1.82, 2.24) is 0 Å². The fourth-order valence-corrected chi connectivity index (χ4v) is 4.43. The maximum atomic E-state index is 12.5. The number of hydrogen-bond acceptors (Lipinski definition) is 4. The topological polar surface area (TPSA) is 55.4 Å². The molecule has 1 aliphatic rings. The fourth-order valence-electron chi connectivity index (χ4n) is 3.12. The van der Waals surface area contributed by atoms with Gasteiger partial charge in [0, 0.05) is 10.3 Å². The van der Waals surface area contributed by atoms with Crippen molar-refractivity contribution in [3.05, 3.63) is 16.0 Å². The average molecular weight is 366 g/mol. The highest BCUT2D eigenvalue weighted by atomic mass is 32.1. The molecular formula is C20H31NO3S. The molecular weight excluding hydrogens is 334 g/mol. The molecule has 25 heavy (non-hydrogen) atoms. The van der Waals surface area contributed by atoms with Crippen molar-refractivity contribution in [1.29, 1.82) is 0 Å². The number of esters is 1. The summed E-state index contributed by atoms with van der Waals surface area (Å²) in [4.78, 5) is 26.2. The van der Waals surface area contributed by atoms with Crippen LogP contribution in [-0.4, -0.2) is 18.5 Å². The molecule has 0 fully saturated rings. The third-order valence-corrected chi connectivity index (χ3v) is 6.05. The minimum atomic E-state index is -0.510. The van der Waals surface area contributed by atoms with Crippen LogP contribution in [0.2, 0.25) is 0 Å². The number of hydrogen-bond donors (Lipinski definition) is 1. The Morgan fingerprint density at radius 1 is 1.20 bits per heavy atom. The van der Waals surface area contributed by atoms with E-state index >= 15 is 0 Å². The van der Waals surface area contributed by atoms with Gasteiger partial charge in [-0.2, -0.15) is 0 Å². The van der Waals surface area contributed by atoms with Crippen molar-refractivity contribution in [2.24, 2.45) is 16.7 Å². The first-order valence-electron chi connectivity index (χ1n) is 9.08. The maximum Gasteiger partial charge on any atom is 0.341 e. The minimum Gasteiger partial charge on any atom is -0.462 e. The Morgan fingerprint density at radius 2 is 1.84 bits per heavy atom. The van der Waals surface area contributed by atoms with E-state index in [-0.39, 0.29) is 17.3 Å². The zero-order valence-corrected chi connectivity index (χ0v) is 17.4. The van der Waals surface area contributed by atoms with Crippen LogP contribution in [0.5, 0.6) is 0 Å². The first-order chi connectivity index (χ1) is 11.4. The minimum absolute atomic E-state index is 0.0796. The van der Waals surface area contributed by atoms with Gasteiger partial charge in [0.15, 0.2) is 0 Å². The number of amides is 1. The molecule has 0 bridgehead atoms. The molecule has 1 aliphatic carbocycles. The van der Waals surface area contributed by atoms with Gasteiger partial charge >= 0.3 is 5.97 Å². The summed E-state index contributed by atoms with van der Waals surface area (Å²) in [6.45, 7) is 14.6. The lowest BCUT2D eigenvalue weighted by Gasteiger charge is -2.33. The highest BCUT2D eigenvalue weighted by molar-refractivity contribution is 7.17. The van der Waals surface area contributed by atoms with E-state index in [9.17, 15) is 9.59 Å². The highest BCUT2D eigenvalue weighted by Gasteiger charge is 2.35. The molecule has 0 radical (unpaired) electrons. The third kappa shape index (κ3) is 4.43. The summed E-state index contributed by atoms with van der Waals surface area (Å²) in [6.07, 6.45) is 2.89. The van der Waals surface area contributed by atoms with Crippen LogP contribution in [0.15, 0.2) is 0 Å². The maximum absolute atomic E-state index is 12.5. The molecule has 4 nitrogen and oxygen atoms in total. The summed E-state index contributed by atoms with van der Waals surface area (Å²) < 4.78 is 5.27. The molecule has 0 aliphatic heterocycles. The van der Waals surface area contributed by atoms with Gasteiger partial charge in [-0.25, -0.2) is 4.79 Å². The van der Waals surface area contributed by atoms with Gasteiger partial charge in [-0.05, 0) is 43.1 Å². The molecule has 1 N–H and O–H groups in total. The summed E-state index contributed by atoms with van der Waals surface area (Å²) in [5.74, 6) is 0.183. The van der Waals surface area contributed by atoms with E-state index in [0.717, 1.165) is 24.8 Å². The molecule has 0 aromatic carbocycles. The number of anilines is 1. The van der Waals surface area contributed by atoms with Gasteiger partial charge in [-0.15, -0.1) is 11.3 Å². The SMILES string of the molecule is CCOC(=O)c1c(NC(=O)C(C)(C)C)sc2c1CC[C@H](C(C)(C)C)C2. The van der Waals surface area contributed by atoms with E-state index in [1.807, 2.05) is 20.8 Å². The van der Waals surface area contributed by atoms with Gasteiger partial charge in [0.25, 0.3) is 0 Å². The number of carbonyl (C=O) groups excluding carboxylic acids is 2. The molecule has 1 heterocycles. The van der Waals surface area contributed by atoms with Crippen molar-refractivity contribution < 1.29 is 14.3 Å². The Kier molecular flexibility index (Phi) is 5.67. The summed E-state index contributed by atoms with van der Waals surface area (Å²) in [6, 6.07) is 0. The highest BCUT2D eigenvalue weighted by Crippen LogP contribution is 2.44. The molecule has 0 spiro atoms. The van der Waals surface area contributed by atoms with Crippen molar-refractivity contribution in [3.8, 4) is 0 Å². The third-order valence-electron chi connectivity index (χ3n) is 4.88. The zero-order valence-electron chi connectivity index (χ0n) is 16.5. The van der Waals surface area contributed by atoms with Gasteiger partial charge < -0.3 is 10.1 Å². The predicted molar refractivity (Wildman–Crippen MR) is 103 cm³/mol. The normalized spacial score (nSPS) is 17.8. The quantitative estimate of drug-likeness (QED) is 0.762. The second-order valence-electron chi connectivity index (χ2n) is 8.94. The number of nitrogens with one attached hydrogen (secondary N) is 1. The van der Waals surface area contributed by atoms with Crippen LogP contribution in [0.3, 0.4) is 0 Å². The number of carbonyl (C=O) groups is 2. The molecule has 5 heteroatoms. The first-order valence-corrected chi connectivity index (χ1v) is 9.90. The molecule has 0 unspecified atom stereocenters. The molecule has 0 saturated heterocycles. The van der Waals surface area contributed by atoms with E-state index in [1.165, 1.54) is 4.88 Å². The summed E-state index contributed by atoms with van der Waals surface area (Å²) in [7, 11) is 0. The van der Waals surface area contributed by atoms with E-state index in [2.05, 4.69) is 26.1 Å². The van der Waals surface area contributed by atoms with Crippen LogP contribution < -0.4 is 5.32 Å². The van der Waals surface area contributed by atoms with Crippen molar-refractivity contribution in [2.45, 2.75) is 67.7 Å². The Labute approximate surface area is 155 Å². The van der Waals surface area contributed by atoms with Gasteiger partial charge in [-0.1, -0.05) is 41.5 Å². The van der Waals surface area contributed by atoms with Crippen LogP contribution in [0, 0.1) is 16.7 Å². The molecule has 2 rings (SSSR count). The lowest BCUT2D eigenvalue weighted by Crippen LogP contribution is -2.28. The largest absolute Gasteiger partial charge is 0.462 e. The van der Waals surface area contributed by atoms with Gasteiger partial charge in [0.05, 0.1) is 12.2 Å². The second-order valence-corrected chi connectivity index (χ2v) is 10.0. The Morgan fingerprint density at radius 3 is 2.36 bits per heavy atom. The number of fused-ring (bicyclic) bond motifs is 1. The molecule has 0 saturated carbocycles. The molecule has 1 amide bonds. The number of rotatable bonds is 3. The van der Waals surface area contributed by atoms with E-state index in [4.69, 9.17) is 4.74 Å². The average Bonchev–Trinajstić information content (AvgIpc) is 2.82. The standard InChI is InChI=1S/C20H31NO3S/c1-8-24-17(22)15-13-10-9-12(19(2,3)4)11-14(13)25-16(15)21-18(23)20(5,6)7/h12H,8-11H2,1-7H3,(H,21,23)/t12-/m0/s1. The van der Waals surface area contributed by atoms with Crippen LogP contribution in [0.25, 0.3) is 0 Å². The van der Waals surface area contributed by atoms with Crippen molar-refractivity contribution >= 4 is 28.2 Å². The monoisotopic (exact) mass is 365 g/mol. The second kappa shape index (κ2) is 7.10. The van der Waals surface area contributed by atoms with Crippen LogP contribution in [-0.2, 0) is 22.4 Å². The molecule has 1 aromatic rings. The lowest BCUT2D eigenvalue weighted by atomic mass is 9.72. The van der Waals surface area contributed by atoms with Gasteiger partial charge in [-0.3, -0.25) is 4.79 Å². The lowest BCUT2D eigenvalue weighted by molar-refractivity contribution is -0.123. The predicted octanol–water partition coefficient (Wildman–Crippen LogP) is 5.06. The Bertz CT molecular complexity index is 662. The molecule has 140 valence electrons. The van der Waals surface area contributed by atoms with E-state index in [0.29, 0.717) is 23.1 Å². The van der Waals surface area contributed by atoms with Crippen molar-refractivity contribution in [3.63, 3.8) is 0 Å². The first kappa shape index (κ1) is 20.0. The van der Waals surface area contributed by atoms with Gasteiger partial charge in [0.1, 0.15) is 5.00 Å². The summed E-state index contributed by atoms with van der Waals surface area (Å²) in [5, 5.41) is 3.63. The van der Waals surface area contributed by atoms with Crippen LogP contribution in [0.4, 0.5) is 5.00 Å². The van der Waals surface area contributed by atoms with Crippen molar-refractivity contribution in [2.75, 3.05) is 11.9 Å². The van der Waals surface area contributed by atoms with Gasteiger partial charge in [0.2, 0.25) is 5.91 Å². The van der Waals surface area contributed by atoms with Crippen LogP contribution in [0.1, 0.15) is 75.7 Å². The fraction of sp³-hybridized carbons (Fsp3) is 0.700. The molecule has 1 aromatic heterocycles. The summed E-state index contributed by atoms with van der Waals surface area (Å²) in [5.41, 5.74) is 1.38. The zero-order chi connectivity index (χ0) is 19.0. The summed E-state index contributed by atoms with van der Waals surface area (Å²) >= 11 is 1.55. The number of thiophene rings is 1. The van der Waals surface area contributed by atoms with E-state index < -0.39 is 5.41 Å². The Hall–Kier alpha value is -1.36. The smallest absolute Gasteiger partial charge is 0.341 e.